The fourth-order valence-corrected chi connectivity index (χ4v) is 5.85. The first-order valence-corrected chi connectivity index (χ1v) is 13.1. The lowest BCUT2D eigenvalue weighted by atomic mass is 9.77. The zero-order chi connectivity index (χ0) is 30.0. The molecule has 11 nitrogen and oxygen atoms in total. The average molecular weight is 577 g/mol. The summed E-state index contributed by atoms with van der Waals surface area (Å²) in [6, 6.07) is 11.8. The number of phenols is 7. The van der Waals surface area contributed by atoms with Gasteiger partial charge >= 0.3 is 0 Å². The molecule has 1 unspecified atom stereocenters. The first-order valence-electron chi connectivity index (χ1n) is 13.1. The Balaban J connectivity index is 1.55. The maximum absolute atomic E-state index is 11.8. The SMILES string of the molecule is Cc1cc([C@H]2Oc3c(c(O)cc(O)c3[C@H]3c4c(O)cc(O)cc4OC(c4ccc(O)c(O)c4)[C@@H]3O)C[C@H]2O)ccc1O. The van der Waals surface area contributed by atoms with Crippen LogP contribution in [0.5, 0.6) is 51.7 Å². The molecule has 4 aromatic rings. The molecule has 0 saturated heterocycles. The molecule has 0 fully saturated rings. The minimum Gasteiger partial charge on any atom is -0.508 e. The number of benzene rings is 4. The van der Waals surface area contributed by atoms with Crippen LogP contribution in [0.15, 0.2) is 54.6 Å². The minimum absolute atomic E-state index is 0.00879. The number of aryl methyl sites for hydroxylation is 1. The minimum atomic E-state index is -1.55. The first-order chi connectivity index (χ1) is 19.9. The lowest BCUT2D eigenvalue weighted by molar-refractivity contribution is 0.00117. The van der Waals surface area contributed by atoms with Crippen LogP contribution in [-0.2, 0) is 6.42 Å². The van der Waals surface area contributed by atoms with Crippen molar-refractivity contribution in [3.05, 3.63) is 88.0 Å². The van der Waals surface area contributed by atoms with Crippen LogP contribution in [-0.4, -0.2) is 58.2 Å². The first kappa shape index (κ1) is 27.2. The summed E-state index contributed by atoms with van der Waals surface area (Å²) in [5, 5.41) is 95.9. The Morgan fingerprint density at radius 3 is 1.98 bits per heavy atom. The fraction of sp³-hybridized carbons (Fsp3) is 0.226. The number of hydrogen-bond donors (Lipinski definition) is 9. The standard InChI is InChI=1S/C31H28O11/c1-12-6-13(2-4-17(12)33)29-23(39)10-16-19(35)11-22(38)26(31(16)42-29)27-25-21(37)8-15(32)9-24(25)41-30(28(27)40)14-3-5-18(34)20(36)7-14/h2-9,11,23,27-30,32-40H,10H2,1H3/t23-,27-,28-,29-,30?/m1/s1. The molecular weight excluding hydrogens is 548 g/mol. The van der Waals surface area contributed by atoms with E-state index in [4.69, 9.17) is 9.47 Å². The van der Waals surface area contributed by atoms with Gasteiger partial charge in [0.15, 0.2) is 17.6 Å². The van der Waals surface area contributed by atoms with Crippen molar-refractivity contribution in [1.82, 2.24) is 0 Å². The molecule has 0 spiro atoms. The molecule has 5 atom stereocenters. The van der Waals surface area contributed by atoms with Crippen molar-refractivity contribution in [3.63, 3.8) is 0 Å². The van der Waals surface area contributed by atoms with Gasteiger partial charge in [0.05, 0.1) is 12.0 Å². The van der Waals surface area contributed by atoms with Crippen molar-refractivity contribution in [3.8, 4) is 51.7 Å². The highest BCUT2D eigenvalue weighted by atomic mass is 16.5. The number of hydrogen-bond acceptors (Lipinski definition) is 11. The maximum atomic E-state index is 11.8. The molecule has 11 heteroatoms. The van der Waals surface area contributed by atoms with Gasteiger partial charge in [-0.25, -0.2) is 0 Å². The van der Waals surface area contributed by atoms with Gasteiger partial charge in [-0.15, -0.1) is 0 Å². The van der Waals surface area contributed by atoms with Gasteiger partial charge in [-0.2, -0.15) is 0 Å². The zero-order valence-corrected chi connectivity index (χ0v) is 22.1. The van der Waals surface area contributed by atoms with E-state index in [1.807, 2.05) is 0 Å². The summed E-state index contributed by atoms with van der Waals surface area (Å²) >= 11 is 0. The van der Waals surface area contributed by atoms with Crippen molar-refractivity contribution in [2.45, 2.75) is 43.7 Å². The Morgan fingerprint density at radius 1 is 0.619 bits per heavy atom. The second-order valence-corrected chi connectivity index (χ2v) is 10.6. The predicted molar refractivity (Wildman–Crippen MR) is 146 cm³/mol. The Labute approximate surface area is 239 Å². The van der Waals surface area contributed by atoms with Gasteiger partial charge in [0.25, 0.3) is 0 Å². The molecule has 0 bridgehead atoms. The van der Waals surface area contributed by atoms with Crippen LogP contribution in [0.1, 0.15) is 51.5 Å². The molecule has 2 heterocycles. The van der Waals surface area contributed by atoms with Crippen molar-refractivity contribution >= 4 is 0 Å². The van der Waals surface area contributed by atoms with Gasteiger partial charge in [0, 0.05) is 41.3 Å². The molecule has 218 valence electrons. The van der Waals surface area contributed by atoms with E-state index >= 15 is 0 Å². The van der Waals surface area contributed by atoms with E-state index in [-0.39, 0.29) is 57.4 Å². The quantitative estimate of drug-likeness (QED) is 0.161. The smallest absolute Gasteiger partial charge is 0.157 e. The van der Waals surface area contributed by atoms with Gasteiger partial charge in [-0.1, -0.05) is 12.1 Å². The summed E-state index contributed by atoms with van der Waals surface area (Å²) in [5.41, 5.74) is 1.41. The zero-order valence-electron chi connectivity index (χ0n) is 22.1. The summed E-state index contributed by atoms with van der Waals surface area (Å²) in [6.07, 6.45) is -5.01. The highest BCUT2D eigenvalue weighted by Gasteiger charge is 2.46. The second kappa shape index (κ2) is 9.82. The molecule has 4 aromatic carbocycles. The van der Waals surface area contributed by atoms with E-state index in [0.29, 0.717) is 11.1 Å². The molecule has 2 aliphatic heterocycles. The summed E-state index contributed by atoms with van der Waals surface area (Å²) in [7, 11) is 0. The molecular formula is C31H28O11. The highest BCUT2D eigenvalue weighted by Crippen LogP contribution is 2.57. The number of phenolic OH excluding ortho intramolecular Hbond substituents is 7. The normalized spacial score (nSPS) is 22.9. The molecule has 0 saturated carbocycles. The van der Waals surface area contributed by atoms with Crippen molar-refractivity contribution in [2.24, 2.45) is 0 Å². The third kappa shape index (κ3) is 4.30. The third-order valence-electron chi connectivity index (χ3n) is 7.89. The summed E-state index contributed by atoms with van der Waals surface area (Å²) < 4.78 is 12.2. The average Bonchev–Trinajstić information content (AvgIpc) is 2.93. The molecule has 6 rings (SSSR count). The summed E-state index contributed by atoms with van der Waals surface area (Å²) in [4.78, 5) is 0. The maximum Gasteiger partial charge on any atom is 0.157 e. The van der Waals surface area contributed by atoms with E-state index in [9.17, 15) is 46.0 Å². The molecule has 0 aromatic heterocycles. The number of aromatic hydroxyl groups is 7. The lowest BCUT2D eigenvalue weighted by Gasteiger charge is -2.40. The summed E-state index contributed by atoms with van der Waals surface area (Å²) in [5.74, 6) is -3.82. The Morgan fingerprint density at radius 2 is 1.29 bits per heavy atom. The van der Waals surface area contributed by atoms with Crippen LogP contribution in [0.2, 0.25) is 0 Å². The van der Waals surface area contributed by atoms with Crippen LogP contribution in [0.4, 0.5) is 0 Å². The number of fused-ring (bicyclic) bond motifs is 2. The van der Waals surface area contributed by atoms with E-state index in [1.54, 1.807) is 19.1 Å². The second-order valence-electron chi connectivity index (χ2n) is 10.6. The van der Waals surface area contributed by atoms with E-state index in [0.717, 1.165) is 12.1 Å². The monoisotopic (exact) mass is 576 g/mol. The van der Waals surface area contributed by atoms with Crippen molar-refractivity contribution in [1.29, 1.82) is 0 Å². The molecule has 2 aliphatic rings. The molecule has 0 aliphatic carbocycles. The van der Waals surface area contributed by atoms with Gasteiger partial charge in [-0.05, 0) is 47.9 Å². The Bertz CT molecular complexity index is 1720. The highest BCUT2D eigenvalue weighted by molar-refractivity contribution is 5.65. The van der Waals surface area contributed by atoms with E-state index in [1.165, 1.54) is 30.3 Å². The summed E-state index contributed by atoms with van der Waals surface area (Å²) in [6.45, 7) is 1.68. The third-order valence-corrected chi connectivity index (χ3v) is 7.89. The van der Waals surface area contributed by atoms with Crippen LogP contribution >= 0.6 is 0 Å². The van der Waals surface area contributed by atoms with Crippen LogP contribution in [0, 0.1) is 6.92 Å². The van der Waals surface area contributed by atoms with Gasteiger partial charge in [-0.3, -0.25) is 0 Å². The number of ether oxygens (including phenoxy) is 2. The Hall–Kier alpha value is -5.00. The molecule has 42 heavy (non-hydrogen) atoms. The van der Waals surface area contributed by atoms with Crippen molar-refractivity contribution in [2.75, 3.05) is 0 Å². The van der Waals surface area contributed by atoms with Crippen LogP contribution < -0.4 is 9.47 Å². The van der Waals surface area contributed by atoms with Crippen molar-refractivity contribution < 1.29 is 55.4 Å². The lowest BCUT2D eigenvalue weighted by Crippen LogP contribution is -2.36. The fourth-order valence-electron chi connectivity index (χ4n) is 5.85. The van der Waals surface area contributed by atoms with Gasteiger partial charge in [0.1, 0.15) is 52.5 Å². The van der Waals surface area contributed by atoms with Gasteiger partial charge < -0.3 is 55.4 Å². The van der Waals surface area contributed by atoms with Crippen LogP contribution in [0.25, 0.3) is 0 Å². The molecule has 9 N–H and O–H groups in total. The molecule has 0 radical (unpaired) electrons. The van der Waals surface area contributed by atoms with E-state index < -0.39 is 53.3 Å². The topological polar surface area (TPSA) is 201 Å². The van der Waals surface area contributed by atoms with E-state index in [2.05, 4.69) is 0 Å². The van der Waals surface area contributed by atoms with Gasteiger partial charge in [0.2, 0.25) is 0 Å². The number of aliphatic hydroxyl groups excluding tert-OH is 2. The number of rotatable bonds is 3. The predicted octanol–water partition coefficient (Wildman–Crippen LogP) is 3.60. The molecule has 0 amide bonds. The number of aliphatic hydroxyl groups is 2. The van der Waals surface area contributed by atoms with Crippen LogP contribution in [0.3, 0.4) is 0 Å². The largest absolute Gasteiger partial charge is 0.508 e. The Kier molecular flexibility index (Phi) is 6.36.